The summed E-state index contributed by atoms with van der Waals surface area (Å²) in [4.78, 5) is 11.4. The molecule has 16 heavy (non-hydrogen) atoms. The molecule has 5 atom stereocenters. The first-order valence-corrected chi connectivity index (χ1v) is 6.27. The number of rotatable bonds is 2. The maximum atomic E-state index is 11.4. The molecule has 0 aromatic heterocycles. The van der Waals surface area contributed by atoms with E-state index in [0.717, 1.165) is 0 Å². The fourth-order valence-electron chi connectivity index (χ4n) is 3.83. The van der Waals surface area contributed by atoms with Gasteiger partial charge in [0, 0.05) is 12.3 Å². The Kier molecular flexibility index (Phi) is 2.20. The Morgan fingerprint density at radius 1 is 1.56 bits per heavy atom. The molecule has 2 nitrogen and oxygen atoms in total. The molecule has 0 spiro atoms. The molecule has 0 aliphatic heterocycles. The second-order valence-corrected chi connectivity index (χ2v) is 5.25. The van der Waals surface area contributed by atoms with Crippen molar-refractivity contribution in [1.82, 2.24) is 0 Å². The Morgan fingerprint density at radius 3 is 3.12 bits per heavy atom. The van der Waals surface area contributed by atoms with Crippen LogP contribution in [-0.2, 0) is 9.53 Å². The summed E-state index contributed by atoms with van der Waals surface area (Å²) in [7, 11) is 0. The van der Waals surface area contributed by atoms with Crippen molar-refractivity contribution in [3.05, 3.63) is 24.3 Å². The molecule has 0 amide bonds. The molecular formula is C14H18O2. The average Bonchev–Trinajstić information content (AvgIpc) is 2.91. The van der Waals surface area contributed by atoms with Crippen LogP contribution in [0.3, 0.4) is 0 Å². The number of fused-ring (bicyclic) bond motifs is 5. The minimum Gasteiger partial charge on any atom is -0.458 e. The highest BCUT2D eigenvalue weighted by Crippen LogP contribution is 2.59. The molecule has 0 heterocycles. The highest BCUT2D eigenvalue weighted by molar-refractivity contribution is 5.69. The van der Waals surface area contributed by atoms with Gasteiger partial charge in [-0.1, -0.05) is 25.7 Å². The van der Waals surface area contributed by atoms with Crippen molar-refractivity contribution in [2.75, 3.05) is 0 Å². The molecule has 86 valence electrons. The molecule has 2 bridgehead atoms. The summed E-state index contributed by atoms with van der Waals surface area (Å²) in [5.74, 6) is 2.43. The number of allylic oxidation sites excluding steroid dienone is 2. The van der Waals surface area contributed by atoms with E-state index in [1.807, 2.05) is 6.92 Å². The maximum absolute atomic E-state index is 11.4. The van der Waals surface area contributed by atoms with E-state index in [9.17, 15) is 4.79 Å². The maximum Gasteiger partial charge on any atom is 0.306 e. The zero-order valence-electron chi connectivity index (χ0n) is 9.69. The SMILES string of the molecule is C=C1[C@H]2C[C@H]([C@H]3CC=C[C@H]32)[C@H]1OC(=O)CC. The van der Waals surface area contributed by atoms with E-state index in [1.54, 1.807) is 0 Å². The monoisotopic (exact) mass is 218 g/mol. The smallest absolute Gasteiger partial charge is 0.306 e. The second-order valence-electron chi connectivity index (χ2n) is 5.25. The van der Waals surface area contributed by atoms with Gasteiger partial charge in [-0.15, -0.1) is 0 Å². The Morgan fingerprint density at radius 2 is 2.38 bits per heavy atom. The summed E-state index contributed by atoms with van der Waals surface area (Å²) in [5.41, 5.74) is 1.17. The van der Waals surface area contributed by atoms with Crippen LogP contribution in [0, 0.1) is 23.7 Å². The Labute approximate surface area is 96.4 Å². The van der Waals surface area contributed by atoms with Gasteiger partial charge in [0.1, 0.15) is 6.10 Å². The topological polar surface area (TPSA) is 26.3 Å². The van der Waals surface area contributed by atoms with Crippen molar-refractivity contribution in [2.24, 2.45) is 23.7 Å². The second kappa shape index (κ2) is 3.47. The number of hydrogen-bond donors (Lipinski definition) is 0. The predicted octanol–water partition coefficient (Wildman–Crippen LogP) is 2.71. The molecule has 2 heteroatoms. The van der Waals surface area contributed by atoms with Crippen LogP contribution >= 0.6 is 0 Å². The largest absolute Gasteiger partial charge is 0.458 e. The van der Waals surface area contributed by atoms with Gasteiger partial charge in [-0.3, -0.25) is 4.79 Å². The van der Waals surface area contributed by atoms with Crippen molar-refractivity contribution in [2.45, 2.75) is 32.3 Å². The quantitative estimate of drug-likeness (QED) is 0.526. The van der Waals surface area contributed by atoms with E-state index >= 15 is 0 Å². The first-order chi connectivity index (χ1) is 7.72. The standard InChI is InChI=1S/C14H18O2/c1-3-13(15)16-14-8(2)11-7-12(14)10-6-4-5-9(10)11/h4-5,9-12,14H,2-3,6-7H2,1H3/t9-,10+,11-,12-,14+/m1/s1. The third-order valence-electron chi connectivity index (χ3n) is 4.58. The van der Waals surface area contributed by atoms with Crippen LogP contribution in [0.2, 0.25) is 0 Å². The zero-order chi connectivity index (χ0) is 11.3. The molecule has 0 aromatic carbocycles. The van der Waals surface area contributed by atoms with Crippen molar-refractivity contribution in [1.29, 1.82) is 0 Å². The number of esters is 1. The molecule has 0 saturated heterocycles. The zero-order valence-corrected chi connectivity index (χ0v) is 9.69. The number of hydrogen-bond acceptors (Lipinski definition) is 2. The summed E-state index contributed by atoms with van der Waals surface area (Å²) in [5, 5.41) is 0. The number of ether oxygens (including phenoxy) is 1. The molecule has 3 aliphatic rings. The van der Waals surface area contributed by atoms with E-state index in [2.05, 4.69) is 18.7 Å². The van der Waals surface area contributed by atoms with Crippen LogP contribution < -0.4 is 0 Å². The van der Waals surface area contributed by atoms with Crippen LogP contribution in [0.4, 0.5) is 0 Å². The van der Waals surface area contributed by atoms with Gasteiger partial charge in [0.25, 0.3) is 0 Å². The fraction of sp³-hybridized carbons (Fsp3) is 0.643. The summed E-state index contributed by atoms with van der Waals surface area (Å²) in [6, 6.07) is 0. The first-order valence-electron chi connectivity index (χ1n) is 6.27. The van der Waals surface area contributed by atoms with Gasteiger partial charge in [0.2, 0.25) is 0 Å². The number of carbonyl (C=O) groups excluding carboxylic acids is 1. The lowest BCUT2D eigenvalue weighted by atomic mass is 9.77. The third-order valence-corrected chi connectivity index (χ3v) is 4.58. The van der Waals surface area contributed by atoms with E-state index in [4.69, 9.17) is 4.74 Å². The summed E-state index contributed by atoms with van der Waals surface area (Å²) < 4.78 is 5.55. The van der Waals surface area contributed by atoms with Gasteiger partial charge >= 0.3 is 5.97 Å². The molecule has 3 aliphatic carbocycles. The van der Waals surface area contributed by atoms with Crippen LogP contribution in [0.15, 0.2) is 24.3 Å². The van der Waals surface area contributed by atoms with Crippen molar-refractivity contribution >= 4 is 5.97 Å². The molecule has 0 N–H and O–H groups in total. The lowest BCUT2D eigenvalue weighted by Crippen LogP contribution is -2.33. The van der Waals surface area contributed by atoms with E-state index in [0.29, 0.717) is 30.1 Å². The van der Waals surface area contributed by atoms with Gasteiger partial charge in [-0.25, -0.2) is 0 Å². The van der Waals surface area contributed by atoms with Crippen LogP contribution in [0.1, 0.15) is 26.2 Å². The van der Waals surface area contributed by atoms with Crippen LogP contribution in [-0.4, -0.2) is 12.1 Å². The van der Waals surface area contributed by atoms with Crippen molar-refractivity contribution in [3.8, 4) is 0 Å². The van der Waals surface area contributed by atoms with Gasteiger partial charge in [-0.2, -0.15) is 0 Å². The van der Waals surface area contributed by atoms with E-state index < -0.39 is 0 Å². The molecule has 3 rings (SSSR count). The van der Waals surface area contributed by atoms with E-state index in [1.165, 1.54) is 18.4 Å². The van der Waals surface area contributed by atoms with Gasteiger partial charge < -0.3 is 4.74 Å². The Hall–Kier alpha value is -1.05. The van der Waals surface area contributed by atoms with Crippen LogP contribution in [0.5, 0.6) is 0 Å². The van der Waals surface area contributed by atoms with Crippen molar-refractivity contribution < 1.29 is 9.53 Å². The molecule has 0 unspecified atom stereocenters. The molecular weight excluding hydrogens is 200 g/mol. The Balaban J connectivity index is 1.79. The summed E-state index contributed by atoms with van der Waals surface area (Å²) >= 11 is 0. The van der Waals surface area contributed by atoms with Gasteiger partial charge in [-0.05, 0) is 36.2 Å². The molecule has 2 saturated carbocycles. The summed E-state index contributed by atoms with van der Waals surface area (Å²) in [6.45, 7) is 6.00. The minimum atomic E-state index is -0.0822. The molecule has 2 fully saturated rings. The van der Waals surface area contributed by atoms with Gasteiger partial charge in [0.15, 0.2) is 0 Å². The molecule has 0 aromatic rings. The first kappa shape index (κ1) is 10.1. The highest BCUT2D eigenvalue weighted by Gasteiger charge is 2.55. The minimum absolute atomic E-state index is 0.0126. The van der Waals surface area contributed by atoms with Crippen molar-refractivity contribution in [3.63, 3.8) is 0 Å². The third kappa shape index (κ3) is 1.22. The van der Waals surface area contributed by atoms with E-state index in [-0.39, 0.29) is 12.1 Å². The average molecular weight is 218 g/mol. The summed E-state index contributed by atoms with van der Waals surface area (Å²) in [6.07, 6.45) is 7.45. The normalized spacial score (nSPS) is 43.8. The lowest BCUT2D eigenvalue weighted by molar-refractivity contribution is -0.149. The fourth-order valence-corrected chi connectivity index (χ4v) is 3.83. The van der Waals surface area contributed by atoms with Crippen LogP contribution in [0.25, 0.3) is 0 Å². The predicted molar refractivity (Wildman–Crippen MR) is 61.6 cm³/mol. The lowest BCUT2D eigenvalue weighted by Gasteiger charge is -2.32. The van der Waals surface area contributed by atoms with Gasteiger partial charge in [0.05, 0.1) is 0 Å². The number of carbonyl (C=O) groups is 1. The Bertz CT molecular complexity index is 369. The molecule has 0 radical (unpaired) electrons. The highest BCUT2D eigenvalue weighted by atomic mass is 16.5.